The Labute approximate surface area is 58.6 Å². The molecule has 0 atom stereocenters. The number of carbonyl (C=O) groups excluding carboxylic acids is 1. The number of amides is 1. The maximum Gasteiger partial charge on any atom is 0.327 e. The van der Waals surface area contributed by atoms with Gasteiger partial charge in [0, 0.05) is 6.08 Å². The summed E-state index contributed by atoms with van der Waals surface area (Å²) in [5.74, 6) is -1.46. The van der Waals surface area contributed by atoms with E-state index in [2.05, 4.69) is 18.9 Å². The van der Waals surface area contributed by atoms with E-state index in [1.54, 1.807) is 0 Å². The third-order valence-electron chi connectivity index (χ3n) is 0.376. The number of carbonyl (C=O) groups is 2. The number of carboxylic acids is 1. The van der Waals surface area contributed by atoms with Gasteiger partial charge in [-0.3, -0.25) is 4.79 Å². The topological polar surface area (TPSA) is 80.4 Å². The first-order valence-corrected chi connectivity index (χ1v) is 2.31. The van der Waals surface area contributed by atoms with E-state index in [1.165, 1.54) is 0 Å². The highest BCUT2D eigenvalue weighted by molar-refractivity contribution is 5.84. The Morgan fingerprint density at radius 1 is 1.30 bits per heavy atom. The standard InChI is InChI=1S/C3H5NO.C3H4O2/c2*1-2-3(4)5/h2H,1H2,(H2,4,5);2H,1H2,(H,4,5). The van der Waals surface area contributed by atoms with Crippen molar-refractivity contribution in [1.29, 1.82) is 0 Å². The van der Waals surface area contributed by atoms with Crippen molar-refractivity contribution in [2.24, 2.45) is 5.73 Å². The lowest BCUT2D eigenvalue weighted by Crippen LogP contribution is -2.04. The summed E-state index contributed by atoms with van der Waals surface area (Å²) in [5.41, 5.74) is 4.53. The molecule has 0 aliphatic carbocycles. The second-order valence-electron chi connectivity index (χ2n) is 1.15. The summed E-state index contributed by atoms with van der Waals surface area (Å²) < 4.78 is 0. The van der Waals surface area contributed by atoms with Crippen LogP contribution in [0.5, 0.6) is 0 Å². The summed E-state index contributed by atoms with van der Waals surface area (Å²) in [5, 5.41) is 7.60. The number of primary amides is 1. The van der Waals surface area contributed by atoms with E-state index < -0.39 is 11.9 Å². The van der Waals surface area contributed by atoms with E-state index in [4.69, 9.17) is 5.11 Å². The van der Waals surface area contributed by atoms with Crippen LogP contribution in [-0.2, 0) is 9.59 Å². The van der Waals surface area contributed by atoms with E-state index in [0.29, 0.717) is 0 Å². The number of hydrogen-bond acceptors (Lipinski definition) is 2. The molecule has 3 N–H and O–H groups in total. The van der Waals surface area contributed by atoms with Crippen molar-refractivity contribution < 1.29 is 14.7 Å². The number of nitrogens with two attached hydrogens (primary N) is 1. The van der Waals surface area contributed by atoms with E-state index >= 15 is 0 Å². The molecule has 0 aliphatic heterocycles. The molecule has 0 rings (SSSR count). The van der Waals surface area contributed by atoms with Crippen LogP contribution < -0.4 is 5.73 Å². The van der Waals surface area contributed by atoms with Crippen molar-refractivity contribution in [3.8, 4) is 0 Å². The molecule has 0 aromatic rings. The minimum absolute atomic E-state index is 0.481. The lowest BCUT2D eigenvalue weighted by molar-refractivity contribution is -0.131. The molecule has 0 aromatic carbocycles. The van der Waals surface area contributed by atoms with Crippen molar-refractivity contribution in [1.82, 2.24) is 0 Å². The van der Waals surface area contributed by atoms with Crippen molar-refractivity contribution in [2.45, 2.75) is 0 Å². The van der Waals surface area contributed by atoms with Gasteiger partial charge in [0.05, 0.1) is 0 Å². The van der Waals surface area contributed by atoms with Gasteiger partial charge in [0.15, 0.2) is 0 Å². The average Bonchev–Trinajstić information content (AvgIpc) is 1.89. The number of aliphatic carboxylic acids is 1. The summed E-state index contributed by atoms with van der Waals surface area (Å²) >= 11 is 0. The number of carboxylic acid groups (broad SMARTS) is 1. The van der Waals surface area contributed by atoms with Gasteiger partial charge in [-0.15, -0.1) is 0 Å². The maximum atomic E-state index is 9.47. The Morgan fingerprint density at radius 2 is 1.50 bits per heavy atom. The van der Waals surface area contributed by atoms with Gasteiger partial charge in [-0.2, -0.15) is 0 Å². The molecule has 0 aliphatic rings. The molecule has 0 radical (unpaired) electrons. The predicted octanol–water partition coefficient (Wildman–Crippen LogP) is -0.0853. The van der Waals surface area contributed by atoms with E-state index in [9.17, 15) is 9.59 Å². The summed E-state index contributed by atoms with van der Waals surface area (Å²) in [7, 11) is 0. The summed E-state index contributed by atoms with van der Waals surface area (Å²) in [6.07, 6.45) is 1.89. The lowest BCUT2D eigenvalue weighted by atomic mass is 10.6. The molecule has 0 saturated carbocycles. The maximum absolute atomic E-state index is 9.47. The Kier molecular flexibility index (Phi) is 8.35. The highest BCUT2D eigenvalue weighted by Gasteiger charge is 1.73. The van der Waals surface area contributed by atoms with Crippen LogP contribution in [0.15, 0.2) is 25.3 Å². The van der Waals surface area contributed by atoms with Crippen molar-refractivity contribution in [2.75, 3.05) is 0 Å². The van der Waals surface area contributed by atoms with E-state index in [1.807, 2.05) is 0 Å². The van der Waals surface area contributed by atoms with Crippen LogP contribution in [0.1, 0.15) is 0 Å². The van der Waals surface area contributed by atoms with Gasteiger partial charge < -0.3 is 10.8 Å². The van der Waals surface area contributed by atoms with Crippen LogP contribution >= 0.6 is 0 Å². The molecule has 0 saturated heterocycles. The summed E-state index contributed by atoms with van der Waals surface area (Å²) in [6, 6.07) is 0. The quantitative estimate of drug-likeness (QED) is 0.530. The Hall–Kier alpha value is -1.58. The molecular weight excluding hydrogens is 134 g/mol. The van der Waals surface area contributed by atoms with Gasteiger partial charge in [0.2, 0.25) is 5.91 Å². The van der Waals surface area contributed by atoms with Crippen molar-refractivity contribution in [3.05, 3.63) is 25.3 Å². The SMILES string of the molecule is C=CC(=O)O.C=CC(N)=O. The molecule has 0 bridgehead atoms. The third-order valence-corrected chi connectivity index (χ3v) is 0.376. The highest BCUT2D eigenvalue weighted by atomic mass is 16.4. The fourth-order valence-electron chi connectivity index (χ4n) is 0. The van der Waals surface area contributed by atoms with Crippen molar-refractivity contribution in [3.63, 3.8) is 0 Å². The Morgan fingerprint density at radius 3 is 1.50 bits per heavy atom. The second-order valence-corrected chi connectivity index (χ2v) is 1.15. The zero-order valence-corrected chi connectivity index (χ0v) is 5.41. The van der Waals surface area contributed by atoms with Gasteiger partial charge in [-0.25, -0.2) is 4.79 Å². The first kappa shape index (κ1) is 11.2. The Balaban J connectivity index is 0. The summed E-state index contributed by atoms with van der Waals surface area (Å²) in [4.78, 5) is 18.7. The smallest absolute Gasteiger partial charge is 0.327 e. The fourth-order valence-corrected chi connectivity index (χ4v) is 0. The first-order valence-electron chi connectivity index (χ1n) is 2.31. The molecule has 4 heteroatoms. The molecule has 4 nitrogen and oxygen atoms in total. The van der Waals surface area contributed by atoms with Crippen LogP contribution in [0, 0.1) is 0 Å². The molecule has 0 spiro atoms. The highest BCUT2D eigenvalue weighted by Crippen LogP contribution is 1.54. The van der Waals surface area contributed by atoms with Gasteiger partial charge >= 0.3 is 5.97 Å². The fraction of sp³-hybridized carbons (Fsp3) is 0. The molecule has 0 aromatic heterocycles. The normalized spacial score (nSPS) is 6.40. The molecular formula is C6H9NO3. The largest absolute Gasteiger partial charge is 0.478 e. The van der Waals surface area contributed by atoms with E-state index in [-0.39, 0.29) is 0 Å². The third kappa shape index (κ3) is 32.2. The van der Waals surface area contributed by atoms with Crippen LogP contribution in [0.4, 0.5) is 0 Å². The number of hydrogen-bond donors (Lipinski definition) is 2. The van der Waals surface area contributed by atoms with Crippen LogP contribution in [0.2, 0.25) is 0 Å². The predicted molar refractivity (Wildman–Crippen MR) is 37.2 cm³/mol. The summed E-state index contributed by atoms with van der Waals surface area (Å²) in [6.45, 7) is 6.05. The van der Waals surface area contributed by atoms with E-state index in [0.717, 1.165) is 12.2 Å². The molecule has 0 heterocycles. The molecule has 0 unspecified atom stereocenters. The molecule has 0 fully saturated rings. The zero-order chi connectivity index (χ0) is 8.57. The van der Waals surface area contributed by atoms with Gasteiger partial charge in [0.25, 0.3) is 0 Å². The molecule has 1 amide bonds. The van der Waals surface area contributed by atoms with Crippen LogP contribution in [0.3, 0.4) is 0 Å². The van der Waals surface area contributed by atoms with Gasteiger partial charge in [-0.05, 0) is 6.08 Å². The van der Waals surface area contributed by atoms with Gasteiger partial charge in [-0.1, -0.05) is 13.2 Å². The average molecular weight is 143 g/mol. The zero-order valence-electron chi connectivity index (χ0n) is 5.41. The van der Waals surface area contributed by atoms with Crippen molar-refractivity contribution >= 4 is 11.9 Å². The monoisotopic (exact) mass is 143 g/mol. The second kappa shape index (κ2) is 7.42. The number of rotatable bonds is 2. The Bertz CT molecular complexity index is 133. The minimum Gasteiger partial charge on any atom is -0.478 e. The first-order chi connectivity index (χ1) is 4.54. The van der Waals surface area contributed by atoms with Crippen LogP contribution in [-0.4, -0.2) is 17.0 Å². The van der Waals surface area contributed by atoms with Gasteiger partial charge in [0.1, 0.15) is 0 Å². The lowest BCUT2D eigenvalue weighted by Gasteiger charge is -1.65. The van der Waals surface area contributed by atoms with Crippen LogP contribution in [0.25, 0.3) is 0 Å². The minimum atomic E-state index is -0.981. The molecule has 56 valence electrons. The molecule has 10 heavy (non-hydrogen) atoms.